The van der Waals surface area contributed by atoms with E-state index in [1.165, 1.54) is 0 Å². The predicted octanol–water partition coefficient (Wildman–Crippen LogP) is 8.43. The molecule has 264 valence electrons. The number of fused-ring (bicyclic) bond motifs is 4. The molecule has 4 heterocycles. The van der Waals surface area contributed by atoms with Crippen LogP contribution in [0.4, 0.5) is 5.82 Å². The van der Waals surface area contributed by atoms with Crippen LogP contribution in [0.1, 0.15) is 68.3 Å². The van der Waals surface area contributed by atoms with E-state index in [9.17, 15) is 14.8 Å². The van der Waals surface area contributed by atoms with Gasteiger partial charge >= 0.3 is 0 Å². The van der Waals surface area contributed by atoms with Crippen LogP contribution in [0, 0.1) is 27.7 Å². The summed E-state index contributed by atoms with van der Waals surface area (Å²) in [6.07, 6.45) is 1.26. The van der Waals surface area contributed by atoms with Gasteiger partial charge in [0.1, 0.15) is 17.3 Å². The van der Waals surface area contributed by atoms with Crippen LogP contribution in [0.25, 0.3) is 32.9 Å². The van der Waals surface area contributed by atoms with E-state index >= 15 is 0 Å². The molecule has 7 rings (SSSR count). The first-order valence-electron chi connectivity index (χ1n) is 16.9. The van der Waals surface area contributed by atoms with Crippen LogP contribution in [0.5, 0.6) is 5.75 Å². The molecule has 12 heteroatoms. The van der Waals surface area contributed by atoms with Gasteiger partial charge in [-0.15, -0.1) is 0 Å². The van der Waals surface area contributed by atoms with Crippen molar-refractivity contribution in [3.05, 3.63) is 97.9 Å². The molecule has 3 aromatic heterocycles. The van der Waals surface area contributed by atoms with E-state index in [1.807, 2.05) is 92.3 Å². The molecule has 0 saturated carbocycles. The number of amides is 2. The van der Waals surface area contributed by atoms with Gasteiger partial charge in [0.15, 0.2) is 0 Å². The van der Waals surface area contributed by atoms with Crippen molar-refractivity contribution >= 4 is 62.6 Å². The van der Waals surface area contributed by atoms with Crippen molar-refractivity contribution in [1.29, 1.82) is 0 Å². The molecular formula is C39H40Cl2N6O4. The van der Waals surface area contributed by atoms with Crippen LogP contribution in [0.15, 0.2) is 48.5 Å². The molecule has 10 nitrogen and oxygen atoms in total. The molecule has 0 radical (unpaired) electrons. The monoisotopic (exact) mass is 726 g/mol. The van der Waals surface area contributed by atoms with E-state index in [0.29, 0.717) is 48.1 Å². The first-order chi connectivity index (χ1) is 24.3. The minimum atomic E-state index is -0.599. The van der Waals surface area contributed by atoms with E-state index in [1.54, 1.807) is 17.6 Å². The van der Waals surface area contributed by atoms with Crippen LogP contribution < -0.4 is 15.1 Å². The Morgan fingerprint density at radius 3 is 2.41 bits per heavy atom. The quantitative estimate of drug-likeness (QED) is 0.0931. The SMILES string of the molecule is Cc1cc(OCCCc2c3n(c4c(-c5c(C)nn(C)c5C)c(Cl)ccc24)[C@H](C)CN(c2cc4cc(C(=O)NO)ccc4n2C)C3=O)cc(C)c1Cl. The fourth-order valence-corrected chi connectivity index (χ4v) is 8.08. The standard InChI is InChI=1S/C39H40Cl2N6O4/c1-20-15-27(16-21(2)35(20)41)51-14-8-9-28-29-11-12-30(40)34(33-23(4)42-45(7)24(33)5)36(29)47-22(3)19-46(39(49)37(28)47)32-18-26-17-25(38(48)43-50)10-13-31(26)44(32)6/h10-13,15-18,22,50H,8-9,14,19H2,1-7H3,(H,43,48)/t22-/m1/s1. The molecule has 1 aliphatic heterocycles. The second-order valence-electron chi connectivity index (χ2n) is 13.5. The molecular weight excluding hydrogens is 687 g/mol. The Morgan fingerprint density at radius 2 is 1.75 bits per heavy atom. The van der Waals surface area contributed by atoms with Gasteiger partial charge in [-0.1, -0.05) is 29.3 Å². The fraction of sp³-hybridized carbons (Fsp3) is 0.308. The maximum absolute atomic E-state index is 14.9. The number of anilines is 1. The number of ether oxygens (including phenoxy) is 1. The highest BCUT2D eigenvalue weighted by Gasteiger charge is 2.37. The highest BCUT2D eigenvalue weighted by Crippen LogP contribution is 2.45. The van der Waals surface area contributed by atoms with Gasteiger partial charge in [0.05, 0.1) is 22.8 Å². The third-order valence-electron chi connectivity index (χ3n) is 10.2. The molecule has 1 atom stereocenters. The number of carbonyl (C=O) groups excluding carboxylic acids is 2. The number of hydrogen-bond acceptors (Lipinski definition) is 5. The van der Waals surface area contributed by atoms with Crippen LogP contribution in [-0.2, 0) is 20.5 Å². The summed E-state index contributed by atoms with van der Waals surface area (Å²) in [7, 11) is 3.84. The van der Waals surface area contributed by atoms with Gasteiger partial charge in [0.25, 0.3) is 11.8 Å². The second kappa shape index (κ2) is 13.1. The number of hydrogen-bond donors (Lipinski definition) is 2. The van der Waals surface area contributed by atoms with Gasteiger partial charge in [-0.3, -0.25) is 24.4 Å². The van der Waals surface area contributed by atoms with Gasteiger partial charge < -0.3 is 13.9 Å². The minimum absolute atomic E-state index is 0.117. The molecule has 3 aromatic carbocycles. The summed E-state index contributed by atoms with van der Waals surface area (Å²) >= 11 is 13.5. The summed E-state index contributed by atoms with van der Waals surface area (Å²) in [5, 5.41) is 17.0. The summed E-state index contributed by atoms with van der Waals surface area (Å²) in [6.45, 7) is 11.0. The topological polar surface area (TPSA) is 107 Å². The van der Waals surface area contributed by atoms with Crippen molar-refractivity contribution in [2.75, 3.05) is 18.1 Å². The molecule has 0 unspecified atom stereocenters. The Balaban J connectivity index is 1.35. The lowest BCUT2D eigenvalue weighted by molar-refractivity contribution is 0.0706. The third kappa shape index (κ3) is 5.66. The summed E-state index contributed by atoms with van der Waals surface area (Å²) in [5.74, 6) is 0.754. The van der Waals surface area contributed by atoms with Crippen LogP contribution in [-0.4, -0.2) is 49.1 Å². The zero-order valence-electron chi connectivity index (χ0n) is 29.7. The van der Waals surface area contributed by atoms with Crippen LogP contribution >= 0.6 is 23.2 Å². The molecule has 2 N–H and O–H groups in total. The summed E-state index contributed by atoms with van der Waals surface area (Å²) in [6, 6.07) is 14.8. The Bertz CT molecular complexity index is 2380. The normalized spacial score (nSPS) is 14.5. The molecule has 2 amide bonds. The highest BCUT2D eigenvalue weighted by molar-refractivity contribution is 6.35. The van der Waals surface area contributed by atoms with Gasteiger partial charge in [0, 0.05) is 70.4 Å². The first-order valence-corrected chi connectivity index (χ1v) is 17.7. The van der Waals surface area contributed by atoms with E-state index in [2.05, 4.69) is 11.5 Å². The third-order valence-corrected chi connectivity index (χ3v) is 11.1. The molecule has 6 aromatic rings. The lowest BCUT2D eigenvalue weighted by atomic mass is 9.98. The lowest BCUT2D eigenvalue weighted by Crippen LogP contribution is -2.43. The van der Waals surface area contributed by atoms with Crippen molar-refractivity contribution in [3.8, 4) is 16.9 Å². The first kappa shape index (κ1) is 34.7. The number of nitrogens with one attached hydrogen (secondary N) is 1. The van der Waals surface area contributed by atoms with Crippen molar-refractivity contribution in [3.63, 3.8) is 0 Å². The van der Waals surface area contributed by atoms with Crippen molar-refractivity contribution in [1.82, 2.24) is 24.4 Å². The van der Waals surface area contributed by atoms with E-state index < -0.39 is 5.91 Å². The van der Waals surface area contributed by atoms with Crippen LogP contribution in [0.2, 0.25) is 10.0 Å². The molecule has 0 saturated heterocycles. The number of aryl methyl sites for hydroxylation is 6. The Hall–Kier alpha value is -4.77. The summed E-state index contributed by atoms with van der Waals surface area (Å²) in [5.41, 5.74) is 11.0. The zero-order chi connectivity index (χ0) is 36.5. The molecule has 51 heavy (non-hydrogen) atoms. The van der Waals surface area contributed by atoms with Gasteiger partial charge in [-0.05, 0) is 107 Å². The van der Waals surface area contributed by atoms with Gasteiger partial charge in [0.2, 0.25) is 0 Å². The Morgan fingerprint density at radius 1 is 1.02 bits per heavy atom. The smallest absolute Gasteiger partial charge is 0.276 e. The molecule has 0 aliphatic carbocycles. The van der Waals surface area contributed by atoms with Crippen molar-refractivity contribution < 1.29 is 19.5 Å². The zero-order valence-corrected chi connectivity index (χ0v) is 31.2. The number of halogens is 2. The summed E-state index contributed by atoms with van der Waals surface area (Å²) < 4.78 is 12.2. The van der Waals surface area contributed by atoms with Gasteiger partial charge in [-0.2, -0.15) is 5.10 Å². The Kier molecular flexibility index (Phi) is 8.90. The molecule has 1 aliphatic rings. The number of aromatic nitrogens is 4. The number of nitrogens with zero attached hydrogens (tertiary/aromatic N) is 5. The maximum atomic E-state index is 14.9. The van der Waals surface area contributed by atoms with E-state index in [4.69, 9.17) is 33.0 Å². The number of carbonyl (C=O) groups is 2. The number of rotatable bonds is 8. The lowest BCUT2D eigenvalue weighted by Gasteiger charge is -2.34. The average molecular weight is 728 g/mol. The summed E-state index contributed by atoms with van der Waals surface area (Å²) in [4.78, 5) is 28.9. The second-order valence-corrected chi connectivity index (χ2v) is 14.3. The van der Waals surface area contributed by atoms with E-state index in [0.717, 1.165) is 71.8 Å². The van der Waals surface area contributed by atoms with Crippen molar-refractivity contribution in [2.24, 2.45) is 14.1 Å². The van der Waals surface area contributed by atoms with Crippen LogP contribution in [0.3, 0.4) is 0 Å². The Labute approximate surface area is 306 Å². The number of hydroxylamine groups is 1. The predicted molar refractivity (Wildman–Crippen MR) is 202 cm³/mol. The van der Waals surface area contributed by atoms with Gasteiger partial charge in [-0.25, -0.2) is 5.48 Å². The molecule has 0 fully saturated rings. The molecule has 0 bridgehead atoms. The number of benzene rings is 3. The average Bonchev–Trinajstić information content (AvgIpc) is 3.70. The van der Waals surface area contributed by atoms with Crippen molar-refractivity contribution in [2.45, 2.75) is 53.5 Å². The minimum Gasteiger partial charge on any atom is -0.494 e. The molecule has 0 spiro atoms. The fourth-order valence-electron chi connectivity index (χ4n) is 7.73. The highest BCUT2D eigenvalue weighted by atomic mass is 35.5. The largest absolute Gasteiger partial charge is 0.494 e. The maximum Gasteiger partial charge on any atom is 0.276 e. The van der Waals surface area contributed by atoms with E-state index in [-0.39, 0.29) is 11.9 Å².